The summed E-state index contributed by atoms with van der Waals surface area (Å²) in [5.74, 6) is 1.93. The van der Waals surface area contributed by atoms with Gasteiger partial charge in [-0.2, -0.15) is 10.1 Å². The third kappa shape index (κ3) is 3.12. The molecule has 4 rings (SSSR count). The first-order valence-electron chi connectivity index (χ1n) is 8.39. The van der Waals surface area contributed by atoms with Crippen LogP contribution in [0.4, 0.5) is 5.82 Å². The van der Waals surface area contributed by atoms with Crippen LogP contribution in [0.1, 0.15) is 24.4 Å². The number of pyridine rings is 1. The molecule has 1 fully saturated rings. The van der Waals surface area contributed by atoms with E-state index in [2.05, 4.69) is 32.0 Å². The van der Waals surface area contributed by atoms with Gasteiger partial charge in [-0.15, -0.1) is 0 Å². The number of rotatable bonds is 4. The molecule has 8 nitrogen and oxygen atoms in total. The van der Waals surface area contributed by atoms with E-state index in [-0.39, 0.29) is 6.10 Å². The molecule has 0 amide bonds. The lowest BCUT2D eigenvalue weighted by molar-refractivity contribution is 0.0395. The average molecular weight is 340 g/mol. The lowest BCUT2D eigenvalue weighted by Gasteiger charge is -2.34. The Hall–Kier alpha value is -2.74. The second-order valence-electron chi connectivity index (χ2n) is 5.96. The van der Waals surface area contributed by atoms with Crippen LogP contribution < -0.4 is 4.90 Å². The Bertz CT molecular complexity index is 858. The van der Waals surface area contributed by atoms with Crippen molar-refractivity contribution in [2.24, 2.45) is 0 Å². The summed E-state index contributed by atoms with van der Waals surface area (Å²) in [5.41, 5.74) is 1.92. The number of hydrogen-bond donors (Lipinski definition) is 0. The van der Waals surface area contributed by atoms with E-state index in [1.807, 2.05) is 29.2 Å². The predicted molar refractivity (Wildman–Crippen MR) is 91.1 cm³/mol. The fourth-order valence-corrected chi connectivity index (χ4v) is 2.98. The molecule has 4 heterocycles. The summed E-state index contributed by atoms with van der Waals surface area (Å²) in [7, 11) is 0. The van der Waals surface area contributed by atoms with Crippen molar-refractivity contribution in [1.82, 2.24) is 24.9 Å². The molecule has 0 saturated carbocycles. The molecule has 8 heteroatoms. The first kappa shape index (κ1) is 15.8. The Morgan fingerprint density at radius 1 is 1.36 bits per heavy atom. The first-order valence-corrected chi connectivity index (χ1v) is 8.39. The van der Waals surface area contributed by atoms with Crippen LogP contribution in [0.2, 0.25) is 0 Å². The Kier molecular flexibility index (Phi) is 4.19. The van der Waals surface area contributed by atoms with E-state index in [9.17, 15) is 0 Å². The molecule has 0 N–H and O–H groups in total. The van der Waals surface area contributed by atoms with Crippen LogP contribution in [0.25, 0.3) is 11.5 Å². The van der Waals surface area contributed by atoms with Crippen molar-refractivity contribution in [1.29, 1.82) is 0 Å². The quantitative estimate of drug-likeness (QED) is 0.720. The molecule has 0 bridgehead atoms. The second kappa shape index (κ2) is 6.64. The Morgan fingerprint density at radius 3 is 3.04 bits per heavy atom. The number of nitrogens with zero attached hydrogens (tertiary/aromatic N) is 6. The van der Waals surface area contributed by atoms with E-state index >= 15 is 0 Å². The molecule has 130 valence electrons. The largest absolute Gasteiger partial charge is 0.370 e. The zero-order chi connectivity index (χ0) is 17.2. The molecule has 1 aliphatic heterocycles. The van der Waals surface area contributed by atoms with E-state index in [0.717, 1.165) is 30.0 Å². The number of anilines is 1. The first-order chi connectivity index (χ1) is 12.2. The summed E-state index contributed by atoms with van der Waals surface area (Å²) >= 11 is 0. The molecular formula is C17H20N6O2. The lowest BCUT2D eigenvalue weighted by atomic mass is 10.1. The van der Waals surface area contributed by atoms with Gasteiger partial charge < -0.3 is 14.2 Å². The van der Waals surface area contributed by atoms with E-state index in [4.69, 9.17) is 9.26 Å². The highest BCUT2D eigenvalue weighted by Gasteiger charge is 2.26. The Balaban J connectivity index is 1.61. The van der Waals surface area contributed by atoms with Gasteiger partial charge >= 0.3 is 0 Å². The summed E-state index contributed by atoms with van der Waals surface area (Å²) < 4.78 is 13.2. The molecule has 1 atom stereocenters. The van der Waals surface area contributed by atoms with Crippen LogP contribution in [0.3, 0.4) is 0 Å². The van der Waals surface area contributed by atoms with Gasteiger partial charge in [-0.3, -0.25) is 4.68 Å². The summed E-state index contributed by atoms with van der Waals surface area (Å²) in [6.07, 6.45) is 5.66. The maximum atomic E-state index is 5.95. The summed E-state index contributed by atoms with van der Waals surface area (Å²) in [6, 6.07) is 3.83. The van der Waals surface area contributed by atoms with E-state index in [1.54, 1.807) is 13.1 Å². The van der Waals surface area contributed by atoms with Crippen molar-refractivity contribution in [3.05, 3.63) is 42.1 Å². The van der Waals surface area contributed by atoms with Crippen molar-refractivity contribution < 1.29 is 9.26 Å². The summed E-state index contributed by atoms with van der Waals surface area (Å²) in [5, 5.41) is 8.23. The number of morpholine rings is 1. The van der Waals surface area contributed by atoms with Gasteiger partial charge in [-0.05, 0) is 26.0 Å². The highest BCUT2D eigenvalue weighted by molar-refractivity contribution is 5.69. The van der Waals surface area contributed by atoms with Crippen molar-refractivity contribution in [2.45, 2.75) is 26.5 Å². The van der Waals surface area contributed by atoms with Crippen molar-refractivity contribution in [3.8, 4) is 11.5 Å². The molecule has 0 spiro atoms. The minimum absolute atomic E-state index is 0.0340. The molecule has 3 aromatic heterocycles. The van der Waals surface area contributed by atoms with E-state index in [0.29, 0.717) is 24.9 Å². The van der Waals surface area contributed by atoms with Gasteiger partial charge in [0, 0.05) is 37.6 Å². The second-order valence-corrected chi connectivity index (χ2v) is 5.96. The van der Waals surface area contributed by atoms with Crippen molar-refractivity contribution in [3.63, 3.8) is 0 Å². The molecule has 25 heavy (non-hydrogen) atoms. The Labute approximate surface area is 145 Å². The highest BCUT2D eigenvalue weighted by Crippen LogP contribution is 2.31. The zero-order valence-corrected chi connectivity index (χ0v) is 14.3. The molecule has 0 aromatic carbocycles. The predicted octanol–water partition coefficient (Wildman–Crippen LogP) is 2.23. The topological polar surface area (TPSA) is 82.1 Å². The highest BCUT2D eigenvalue weighted by atomic mass is 16.5. The number of ether oxygens (including phenoxy) is 1. The van der Waals surface area contributed by atoms with Crippen LogP contribution in [0.15, 0.2) is 35.2 Å². The smallest absolute Gasteiger partial charge is 0.261 e. The van der Waals surface area contributed by atoms with Gasteiger partial charge in [0.05, 0.1) is 18.4 Å². The van der Waals surface area contributed by atoms with Crippen molar-refractivity contribution >= 4 is 5.82 Å². The number of aryl methyl sites for hydroxylation is 2. The van der Waals surface area contributed by atoms with Crippen LogP contribution in [-0.2, 0) is 11.3 Å². The van der Waals surface area contributed by atoms with E-state index in [1.165, 1.54) is 0 Å². The third-order valence-electron chi connectivity index (χ3n) is 4.26. The van der Waals surface area contributed by atoms with Crippen LogP contribution in [-0.4, -0.2) is 44.6 Å². The SMILES string of the molecule is CCn1cc(C2CN(c3ncccc3-c3nc(C)no3)CCO2)cn1. The fraction of sp³-hybridized carbons (Fsp3) is 0.412. The lowest BCUT2D eigenvalue weighted by Crippen LogP contribution is -2.39. The van der Waals surface area contributed by atoms with Gasteiger partial charge in [0.25, 0.3) is 5.89 Å². The van der Waals surface area contributed by atoms with Crippen LogP contribution in [0, 0.1) is 6.92 Å². The van der Waals surface area contributed by atoms with Gasteiger partial charge in [0.1, 0.15) is 11.9 Å². The van der Waals surface area contributed by atoms with Gasteiger partial charge in [0.15, 0.2) is 5.82 Å². The minimum atomic E-state index is -0.0340. The van der Waals surface area contributed by atoms with Crippen molar-refractivity contribution in [2.75, 3.05) is 24.6 Å². The van der Waals surface area contributed by atoms with Gasteiger partial charge in [-0.1, -0.05) is 5.16 Å². The molecule has 0 aliphatic carbocycles. The number of aromatic nitrogens is 5. The van der Waals surface area contributed by atoms with Gasteiger partial charge in [0.2, 0.25) is 0 Å². The normalized spacial score (nSPS) is 17.8. The molecular weight excluding hydrogens is 320 g/mol. The maximum Gasteiger partial charge on any atom is 0.261 e. The molecule has 0 radical (unpaired) electrons. The molecule has 1 unspecified atom stereocenters. The summed E-state index contributed by atoms with van der Waals surface area (Å²) in [6.45, 7) is 6.80. The maximum absolute atomic E-state index is 5.95. The third-order valence-corrected chi connectivity index (χ3v) is 4.26. The fourth-order valence-electron chi connectivity index (χ4n) is 2.98. The Morgan fingerprint density at radius 2 is 2.28 bits per heavy atom. The summed E-state index contributed by atoms with van der Waals surface area (Å²) in [4.78, 5) is 11.1. The molecule has 3 aromatic rings. The molecule has 1 saturated heterocycles. The number of hydrogen-bond acceptors (Lipinski definition) is 7. The average Bonchev–Trinajstić information content (AvgIpc) is 3.31. The minimum Gasteiger partial charge on any atom is -0.370 e. The van der Waals surface area contributed by atoms with Gasteiger partial charge in [-0.25, -0.2) is 4.98 Å². The zero-order valence-electron chi connectivity index (χ0n) is 14.3. The standard InChI is InChI=1S/C17H20N6O2/c1-3-23-10-13(9-19-23)15-11-22(7-8-24-15)16-14(5-4-6-18-16)17-20-12(2)21-25-17/h4-6,9-10,15H,3,7-8,11H2,1-2H3. The van der Waals surface area contributed by atoms with Crippen LogP contribution in [0.5, 0.6) is 0 Å². The van der Waals surface area contributed by atoms with E-state index < -0.39 is 0 Å². The monoisotopic (exact) mass is 340 g/mol. The van der Waals surface area contributed by atoms with Crippen LogP contribution >= 0.6 is 0 Å². The molecule has 1 aliphatic rings.